The summed E-state index contributed by atoms with van der Waals surface area (Å²) in [5.41, 5.74) is 4.52. The molecule has 0 bridgehead atoms. The van der Waals surface area contributed by atoms with Gasteiger partial charge in [0.05, 0.1) is 11.3 Å². The number of carbonyl (C=O) groups is 2. The molecule has 0 fully saturated rings. The molecule has 7 heteroatoms. The van der Waals surface area contributed by atoms with Gasteiger partial charge in [0.2, 0.25) is 5.91 Å². The number of nitrogens with one attached hydrogen (secondary N) is 2. The van der Waals surface area contributed by atoms with Gasteiger partial charge in [0.25, 0.3) is 5.91 Å². The van der Waals surface area contributed by atoms with Crippen LogP contribution in [0.2, 0.25) is 0 Å². The third kappa shape index (κ3) is 3.64. The molecule has 2 amide bonds. The number of rotatable bonds is 4. The fraction of sp³-hybridized carbons (Fsp3) is 0.333. The first-order chi connectivity index (χ1) is 8.86. The highest BCUT2D eigenvalue weighted by molar-refractivity contribution is 5.98. The second-order valence-corrected chi connectivity index (χ2v) is 3.94. The summed E-state index contributed by atoms with van der Waals surface area (Å²) in [6.07, 6.45) is 0. The van der Waals surface area contributed by atoms with Gasteiger partial charge in [-0.1, -0.05) is 0 Å². The topological polar surface area (TPSA) is 84.2 Å². The van der Waals surface area contributed by atoms with Crippen LogP contribution >= 0.6 is 0 Å². The number of nitrogens with two attached hydrogens (primary N) is 1. The Kier molecular flexibility index (Phi) is 4.80. The van der Waals surface area contributed by atoms with Crippen molar-refractivity contribution in [3.05, 3.63) is 29.3 Å². The van der Waals surface area contributed by atoms with Crippen LogP contribution in [-0.2, 0) is 4.79 Å². The number of halogens is 2. The van der Waals surface area contributed by atoms with Gasteiger partial charge in [0.1, 0.15) is 17.7 Å². The van der Waals surface area contributed by atoms with E-state index in [-0.39, 0.29) is 5.69 Å². The Morgan fingerprint density at radius 1 is 1.32 bits per heavy atom. The lowest BCUT2D eigenvalue weighted by Crippen LogP contribution is -2.44. The van der Waals surface area contributed by atoms with Crippen molar-refractivity contribution in [2.75, 3.05) is 12.3 Å². The summed E-state index contributed by atoms with van der Waals surface area (Å²) in [7, 11) is 0. The zero-order valence-corrected chi connectivity index (χ0v) is 10.6. The molecule has 0 radical (unpaired) electrons. The van der Waals surface area contributed by atoms with E-state index in [1.54, 1.807) is 6.92 Å². The summed E-state index contributed by atoms with van der Waals surface area (Å²) in [6.45, 7) is 3.59. The Labute approximate surface area is 109 Å². The SMILES string of the molecule is CCNC(=O)C(C)NC(=O)c1cc(N)c(F)cc1F. The van der Waals surface area contributed by atoms with Crippen molar-refractivity contribution in [1.82, 2.24) is 10.6 Å². The second-order valence-electron chi connectivity index (χ2n) is 3.94. The zero-order valence-electron chi connectivity index (χ0n) is 10.6. The predicted octanol–water partition coefficient (Wildman–Crippen LogP) is 0.801. The standard InChI is InChI=1S/C12H15F2N3O2/c1-3-16-11(18)6(2)17-12(19)7-4-10(15)9(14)5-8(7)13/h4-6H,3,15H2,1-2H3,(H,16,18)(H,17,19). The highest BCUT2D eigenvalue weighted by Crippen LogP contribution is 2.16. The van der Waals surface area contributed by atoms with Crippen LogP contribution in [0.25, 0.3) is 0 Å². The number of carbonyl (C=O) groups excluding carboxylic acids is 2. The molecule has 0 spiro atoms. The number of hydrogen-bond donors (Lipinski definition) is 3. The van der Waals surface area contributed by atoms with Gasteiger partial charge in [0, 0.05) is 12.6 Å². The number of hydrogen-bond acceptors (Lipinski definition) is 3. The third-order valence-corrected chi connectivity index (χ3v) is 2.42. The Bertz CT molecular complexity index is 506. The monoisotopic (exact) mass is 271 g/mol. The van der Waals surface area contributed by atoms with Gasteiger partial charge in [-0.3, -0.25) is 9.59 Å². The largest absolute Gasteiger partial charge is 0.396 e. The normalized spacial score (nSPS) is 11.8. The van der Waals surface area contributed by atoms with Gasteiger partial charge in [-0.15, -0.1) is 0 Å². The number of anilines is 1. The molecular weight excluding hydrogens is 256 g/mol. The Balaban J connectivity index is 2.84. The maximum absolute atomic E-state index is 13.4. The van der Waals surface area contributed by atoms with E-state index in [4.69, 9.17) is 5.73 Å². The first kappa shape index (κ1) is 14.9. The molecule has 4 N–H and O–H groups in total. The highest BCUT2D eigenvalue weighted by Gasteiger charge is 2.19. The number of amides is 2. The zero-order chi connectivity index (χ0) is 14.6. The molecule has 19 heavy (non-hydrogen) atoms. The molecule has 1 rings (SSSR count). The minimum absolute atomic E-state index is 0.336. The van der Waals surface area contributed by atoms with Crippen LogP contribution in [-0.4, -0.2) is 24.4 Å². The van der Waals surface area contributed by atoms with Crippen LogP contribution in [0, 0.1) is 11.6 Å². The molecule has 0 aromatic heterocycles. The molecule has 1 atom stereocenters. The molecule has 104 valence electrons. The maximum atomic E-state index is 13.4. The first-order valence-corrected chi connectivity index (χ1v) is 5.69. The molecule has 0 saturated carbocycles. The molecule has 1 aromatic carbocycles. The smallest absolute Gasteiger partial charge is 0.254 e. The Hall–Kier alpha value is -2.18. The third-order valence-electron chi connectivity index (χ3n) is 2.42. The van der Waals surface area contributed by atoms with Gasteiger partial charge in [-0.2, -0.15) is 0 Å². The summed E-state index contributed by atoms with van der Waals surface area (Å²) < 4.78 is 26.4. The lowest BCUT2D eigenvalue weighted by molar-refractivity contribution is -0.122. The molecule has 5 nitrogen and oxygen atoms in total. The van der Waals surface area contributed by atoms with Crippen molar-refractivity contribution in [1.29, 1.82) is 0 Å². The van der Waals surface area contributed by atoms with E-state index in [0.29, 0.717) is 12.6 Å². The second kappa shape index (κ2) is 6.12. The van der Waals surface area contributed by atoms with Crippen LogP contribution in [0.15, 0.2) is 12.1 Å². The van der Waals surface area contributed by atoms with E-state index in [1.165, 1.54) is 6.92 Å². The van der Waals surface area contributed by atoms with Gasteiger partial charge in [-0.25, -0.2) is 8.78 Å². The van der Waals surface area contributed by atoms with Crippen molar-refractivity contribution < 1.29 is 18.4 Å². The molecule has 0 aliphatic carbocycles. The van der Waals surface area contributed by atoms with E-state index in [1.807, 2.05) is 0 Å². The van der Waals surface area contributed by atoms with Crippen LogP contribution in [0.5, 0.6) is 0 Å². The van der Waals surface area contributed by atoms with E-state index < -0.39 is 35.1 Å². The molecular formula is C12H15F2N3O2. The Morgan fingerprint density at radius 2 is 1.95 bits per heavy atom. The average Bonchev–Trinajstić information content (AvgIpc) is 2.33. The maximum Gasteiger partial charge on any atom is 0.254 e. The van der Waals surface area contributed by atoms with Crippen LogP contribution < -0.4 is 16.4 Å². The van der Waals surface area contributed by atoms with Crippen molar-refractivity contribution in [3.8, 4) is 0 Å². The quantitative estimate of drug-likeness (QED) is 0.708. The molecule has 1 aromatic rings. The minimum Gasteiger partial charge on any atom is -0.396 e. The number of nitrogen functional groups attached to an aromatic ring is 1. The molecule has 0 aliphatic heterocycles. The van der Waals surface area contributed by atoms with Crippen LogP contribution in [0.4, 0.5) is 14.5 Å². The summed E-state index contributed by atoms with van der Waals surface area (Å²) >= 11 is 0. The van der Waals surface area contributed by atoms with E-state index in [2.05, 4.69) is 10.6 Å². The van der Waals surface area contributed by atoms with Gasteiger partial charge < -0.3 is 16.4 Å². The van der Waals surface area contributed by atoms with Crippen molar-refractivity contribution >= 4 is 17.5 Å². The molecule has 0 heterocycles. The molecule has 0 aliphatic rings. The number of benzene rings is 1. The van der Waals surface area contributed by atoms with Crippen LogP contribution in [0.3, 0.4) is 0 Å². The first-order valence-electron chi connectivity index (χ1n) is 5.69. The van der Waals surface area contributed by atoms with E-state index in [9.17, 15) is 18.4 Å². The van der Waals surface area contributed by atoms with Crippen molar-refractivity contribution in [2.24, 2.45) is 0 Å². The highest BCUT2D eigenvalue weighted by atomic mass is 19.1. The predicted molar refractivity (Wildman–Crippen MR) is 66.4 cm³/mol. The van der Waals surface area contributed by atoms with E-state index in [0.717, 1.165) is 6.07 Å². The lowest BCUT2D eigenvalue weighted by atomic mass is 10.1. The van der Waals surface area contributed by atoms with Gasteiger partial charge in [-0.05, 0) is 19.9 Å². The van der Waals surface area contributed by atoms with Gasteiger partial charge in [0.15, 0.2) is 0 Å². The summed E-state index contributed by atoms with van der Waals surface area (Å²) in [4.78, 5) is 23.2. The van der Waals surface area contributed by atoms with Crippen LogP contribution in [0.1, 0.15) is 24.2 Å². The molecule has 1 unspecified atom stereocenters. The summed E-state index contributed by atoms with van der Waals surface area (Å²) in [5.74, 6) is -3.20. The van der Waals surface area contributed by atoms with E-state index >= 15 is 0 Å². The fourth-order valence-corrected chi connectivity index (χ4v) is 1.41. The van der Waals surface area contributed by atoms with Crippen molar-refractivity contribution in [2.45, 2.75) is 19.9 Å². The summed E-state index contributed by atoms with van der Waals surface area (Å²) in [5, 5.41) is 4.80. The minimum atomic E-state index is -1.03. The van der Waals surface area contributed by atoms with Crippen molar-refractivity contribution in [3.63, 3.8) is 0 Å². The lowest BCUT2D eigenvalue weighted by Gasteiger charge is -2.14. The molecule has 0 saturated heterocycles. The Morgan fingerprint density at radius 3 is 2.53 bits per heavy atom. The summed E-state index contributed by atoms with van der Waals surface area (Å²) in [6, 6.07) is 0.587. The van der Waals surface area contributed by atoms with Gasteiger partial charge >= 0.3 is 0 Å². The average molecular weight is 271 g/mol. The number of likely N-dealkylation sites (N-methyl/N-ethyl adjacent to an activating group) is 1. The fourth-order valence-electron chi connectivity index (χ4n) is 1.41.